The Hall–Kier alpha value is -1.70. The summed E-state index contributed by atoms with van der Waals surface area (Å²) < 4.78 is 11.1. The maximum absolute atomic E-state index is 12.1. The van der Waals surface area contributed by atoms with Crippen molar-refractivity contribution in [3.63, 3.8) is 0 Å². The third-order valence-electron chi connectivity index (χ3n) is 4.89. The van der Waals surface area contributed by atoms with Gasteiger partial charge in [-0.2, -0.15) is 11.3 Å². The van der Waals surface area contributed by atoms with Crippen molar-refractivity contribution in [2.75, 3.05) is 26.2 Å². The minimum absolute atomic E-state index is 0.00706. The number of ether oxygens (including phenoxy) is 1. The molecule has 2 aromatic rings. The predicted molar refractivity (Wildman–Crippen MR) is 89.9 cm³/mol. The topological polar surface area (TPSA) is 67.6 Å². The van der Waals surface area contributed by atoms with Gasteiger partial charge in [0.05, 0.1) is 18.4 Å². The zero-order valence-electron chi connectivity index (χ0n) is 13.6. The Balaban J connectivity index is 1.30. The second-order valence-corrected chi connectivity index (χ2v) is 7.42. The first kappa shape index (κ1) is 15.8. The quantitative estimate of drug-likeness (QED) is 0.895. The number of fused-ring (bicyclic) bond motifs is 1. The molecule has 6 nitrogen and oxygen atoms in total. The average molecular weight is 347 g/mol. The van der Waals surface area contributed by atoms with E-state index >= 15 is 0 Å². The van der Waals surface area contributed by atoms with Crippen LogP contribution < -0.4 is 5.32 Å². The second kappa shape index (κ2) is 6.66. The van der Waals surface area contributed by atoms with E-state index < -0.39 is 0 Å². The molecule has 4 heterocycles. The number of hydrogen-bond acceptors (Lipinski definition) is 6. The number of rotatable bonds is 5. The van der Waals surface area contributed by atoms with E-state index in [1.54, 1.807) is 0 Å². The van der Waals surface area contributed by atoms with Gasteiger partial charge in [0.25, 0.3) is 5.91 Å². The van der Waals surface area contributed by atoms with Gasteiger partial charge in [0.2, 0.25) is 0 Å². The Morgan fingerprint density at radius 2 is 2.42 bits per heavy atom. The fourth-order valence-corrected chi connectivity index (χ4v) is 4.30. The van der Waals surface area contributed by atoms with E-state index in [-0.39, 0.29) is 12.0 Å². The van der Waals surface area contributed by atoms with Gasteiger partial charge in [-0.25, -0.2) is 0 Å². The van der Waals surface area contributed by atoms with Gasteiger partial charge in [0.1, 0.15) is 5.76 Å². The lowest BCUT2D eigenvalue weighted by Gasteiger charge is -2.19. The molecule has 2 aliphatic rings. The normalized spacial score (nSPS) is 26.6. The summed E-state index contributed by atoms with van der Waals surface area (Å²) in [4.78, 5) is 14.4. The Morgan fingerprint density at radius 1 is 1.50 bits per heavy atom. The van der Waals surface area contributed by atoms with Gasteiger partial charge in [-0.3, -0.25) is 9.69 Å². The van der Waals surface area contributed by atoms with Crippen molar-refractivity contribution in [3.05, 3.63) is 39.9 Å². The van der Waals surface area contributed by atoms with Gasteiger partial charge >= 0.3 is 0 Å². The molecule has 0 bridgehead atoms. The van der Waals surface area contributed by atoms with E-state index in [9.17, 15) is 4.79 Å². The number of hydrogen-bond donors (Lipinski definition) is 1. The molecular weight excluding hydrogens is 326 g/mol. The molecule has 128 valence electrons. The summed E-state index contributed by atoms with van der Waals surface area (Å²) in [6.07, 6.45) is 0.265. The van der Waals surface area contributed by atoms with Gasteiger partial charge in [0, 0.05) is 55.0 Å². The number of aromatic nitrogens is 1. The predicted octanol–water partition coefficient (Wildman–Crippen LogP) is 1.92. The van der Waals surface area contributed by atoms with Gasteiger partial charge in [-0.05, 0) is 18.4 Å². The van der Waals surface area contributed by atoms with Crippen LogP contribution in [-0.2, 0) is 11.3 Å². The van der Waals surface area contributed by atoms with Crippen LogP contribution in [0.3, 0.4) is 0 Å². The number of aryl methyl sites for hydroxylation is 1. The van der Waals surface area contributed by atoms with Crippen LogP contribution in [0.4, 0.5) is 0 Å². The van der Waals surface area contributed by atoms with Crippen molar-refractivity contribution in [1.29, 1.82) is 0 Å². The number of thiophene rings is 1. The van der Waals surface area contributed by atoms with Crippen LogP contribution in [0, 0.1) is 18.8 Å². The maximum atomic E-state index is 12.1. The highest BCUT2D eigenvalue weighted by Gasteiger charge is 2.43. The van der Waals surface area contributed by atoms with Crippen LogP contribution in [-0.4, -0.2) is 48.3 Å². The maximum Gasteiger partial charge on any atom is 0.252 e. The van der Waals surface area contributed by atoms with Crippen molar-refractivity contribution < 1.29 is 14.1 Å². The number of amides is 1. The zero-order valence-corrected chi connectivity index (χ0v) is 14.4. The first-order valence-electron chi connectivity index (χ1n) is 8.25. The van der Waals surface area contributed by atoms with Crippen molar-refractivity contribution in [1.82, 2.24) is 15.4 Å². The molecule has 2 aliphatic heterocycles. The summed E-state index contributed by atoms with van der Waals surface area (Å²) in [5.74, 6) is 1.70. The Labute approximate surface area is 144 Å². The summed E-state index contributed by atoms with van der Waals surface area (Å²) in [5, 5.41) is 10.9. The minimum atomic E-state index is 0.00706. The standard InChI is InChI=1S/C17H21N3O3S/c1-11-4-14(19-23-11)6-20-7-15-13(9-22-16(15)8-20)5-18-17(21)12-2-3-24-10-12/h2-4,10,13,15-16H,5-9H2,1H3,(H,18,21)/t13-,15+,16+/m0/s1. The van der Waals surface area contributed by atoms with E-state index in [1.165, 1.54) is 11.3 Å². The number of nitrogens with zero attached hydrogens (tertiary/aromatic N) is 2. The average Bonchev–Trinajstić information content (AvgIpc) is 3.30. The fraction of sp³-hybridized carbons (Fsp3) is 0.529. The van der Waals surface area contributed by atoms with E-state index in [1.807, 2.05) is 29.8 Å². The van der Waals surface area contributed by atoms with Crippen LogP contribution in [0.2, 0.25) is 0 Å². The molecule has 0 aliphatic carbocycles. The fourth-order valence-electron chi connectivity index (χ4n) is 3.66. The van der Waals surface area contributed by atoms with Gasteiger partial charge in [-0.15, -0.1) is 0 Å². The molecule has 2 saturated heterocycles. The molecule has 0 spiro atoms. The van der Waals surface area contributed by atoms with E-state index in [2.05, 4.69) is 15.4 Å². The smallest absolute Gasteiger partial charge is 0.252 e. The van der Waals surface area contributed by atoms with Crippen LogP contribution in [0.1, 0.15) is 21.8 Å². The zero-order chi connectivity index (χ0) is 16.5. The van der Waals surface area contributed by atoms with Crippen LogP contribution in [0.15, 0.2) is 27.4 Å². The molecule has 24 heavy (non-hydrogen) atoms. The van der Waals surface area contributed by atoms with E-state index in [0.717, 1.165) is 43.3 Å². The molecule has 7 heteroatoms. The molecule has 1 N–H and O–H groups in total. The Bertz CT molecular complexity index is 700. The second-order valence-electron chi connectivity index (χ2n) is 6.64. The third kappa shape index (κ3) is 3.24. The molecule has 2 fully saturated rings. The van der Waals surface area contributed by atoms with Crippen LogP contribution >= 0.6 is 11.3 Å². The Kier molecular flexibility index (Phi) is 4.39. The number of nitrogens with one attached hydrogen (secondary N) is 1. The molecule has 4 rings (SSSR count). The number of carbonyl (C=O) groups excluding carboxylic acids is 1. The van der Waals surface area contributed by atoms with Crippen LogP contribution in [0.5, 0.6) is 0 Å². The summed E-state index contributed by atoms with van der Waals surface area (Å²) in [6, 6.07) is 3.83. The van der Waals surface area contributed by atoms with Crippen molar-refractivity contribution in [2.45, 2.75) is 19.6 Å². The van der Waals surface area contributed by atoms with Gasteiger partial charge in [0.15, 0.2) is 0 Å². The summed E-state index contributed by atoms with van der Waals surface area (Å²) >= 11 is 1.54. The van der Waals surface area contributed by atoms with Crippen molar-refractivity contribution >= 4 is 17.2 Å². The summed E-state index contributed by atoms with van der Waals surface area (Å²) in [5.41, 5.74) is 1.71. The lowest BCUT2D eigenvalue weighted by molar-refractivity contribution is 0.0902. The van der Waals surface area contributed by atoms with E-state index in [4.69, 9.17) is 9.26 Å². The minimum Gasteiger partial charge on any atom is -0.376 e. The first-order valence-corrected chi connectivity index (χ1v) is 9.20. The highest BCUT2D eigenvalue weighted by atomic mass is 32.1. The van der Waals surface area contributed by atoms with Gasteiger partial charge in [-0.1, -0.05) is 5.16 Å². The Morgan fingerprint density at radius 3 is 3.17 bits per heavy atom. The molecule has 1 amide bonds. The molecular formula is C17H21N3O3S. The number of likely N-dealkylation sites (tertiary alicyclic amines) is 1. The molecule has 2 aromatic heterocycles. The largest absolute Gasteiger partial charge is 0.376 e. The monoisotopic (exact) mass is 347 g/mol. The highest BCUT2D eigenvalue weighted by molar-refractivity contribution is 7.08. The lowest BCUT2D eigenvalue weighted by atomic mass is 9.93. The molecule has 0 aromatic carbocycles. The van der Waals surface area contributed by atoms with Crippen LogP contribution in [0.25, 0.3) is 0 Å². The lowest BCUT2D eigenvalue weighted by Crippen LogP contribution is -2.34. The van der Waals surface area contributed by atoms with Crippen molar-refractivity contribution in [3.8, 4) is 0 Å². The molecule has 0 unspecified atom stereocenters. The third-order valence-corrected chi connectivity index (χ3v) is 5.57. The van der Waals surface area contributed by atoms with Crippen molar-refractivity contribution in [2.24, 2.45) is 11.8 Å². The van der Waals surface area contributed by atoms with Gasteiger partial charge < -0.3 is 14.6 Å². The first-order chi connectivity index (χ1) is 11.7. The molecule has 0 saturated carbocycles. The van der Waals surface area contributed by atoms with E-state index in [0.29, 0.717) is 18.4 Å². The SMILES string of the molecule is Cc1cc(CN2C[C@@H]3[C@@H](CNC(=O)c4ccsc4)CO[C@@H]3C2)no1. The molecule has 3 atom stereocenters. The highest BCUT2D eigenvalue weighted by Crippen LogP contribution is 2.34. The number of carbonyl (C=O) groups is 1. The molecule has 0 radical (unpaired) electrons. The summed E-state index contributed by atoms with van der Waals surface area (Å²) in [6.45, 7) is 6.01. The summed E-state index contributed by atoms with van der Waals surface area (Å²) in [7, 11) is 0.